The van der Waals surface area contributed by atoms with Gasteiger partial charge in [-0.3, -0.25) is 0 Å². The van der Waals surface area contributed by atoms with Gasteiger partial charge < -0.3 is 18.8 Å². The molecule has 0 spiro atoms. The van der Waals surface area contributed by atoms with Crippen LogP contribution in [0.4, 0.5) is 34.1 Å². The van der Waals surface area contributed by atoms with E-state index >= 15 is 0 Å². The molecule has 0 radical (unpaired) electrons. The van der Waals surface area contributed by atoms with Gasteiger partial charge in [0.1, 0.15) is 0 Å². The highest BCUT2D eigenvalue weighted by atomic mass is 15.2. The van der Waals surface area contributed by atoms with Crippen LogP contribution >= 0.6 is 0 Å². The van der Waals surface area contributed by atoms with Crippen LogP contribution in [0, 0.1) is 0 Å². The number of anilines is 6. The van der Waals surface area contributed by atoms with Gasteiger partial charge >= 0.3 is 0 Å². The third-order valence-electron chi connectivity index (χ3n) is 21.6. The van der Waals surface area contributed by atoms with Crippen molar-refractivity contribution in [2.24, 2.45) is 0 Å². The summed E-state index contributed by atoms with van der Waals surface area (Å²) in [5, 5.41) is 6.97. The zero-order valence-corrected chi connectivity index (χ0v) is 58.2. The lowest BCUT2D eigenvalue weighted by Crippen LogP contribution is -2.61. The molecule has 2 aliphatic rings. The van der Waals surface area contributed by atoms with E-state index in [2.05, 4.69) is 313 Å². The number of hydrogen-bond acceptors (Lipinski definition) is 2. The fourth-order valence-electron chi connectivity index (χ4n) is 16.6. The van der Waals surface area contributed by atoms with E-state index in [0.29, 0.717) is 21.8 Å². The second-order valence-electron chi connectivity index (χ2n) is 30.7. The van der Waals surface area contributed by atoms with Gasteiger partial charge in [-0.15, -0.1) is 0 Å². The molecule has 0 saturated carbocycles. The molecule has 17 aromatic rings. The summed E-state index contributed by atoms with van der Waals surface area (Å²) < 4.78 is 73.2. The minimum absolute atomic E-state index is 0.0976. The van der Waals surface area contributed by atoms with Crippen LogP contribution in [-0.4, -0.2) is 15.7 Å². The fourth-order valence-corrected chi connectivity index (χ4v) is 16.6. The Balaban J connectivity index is 1.06. The van der Waals surface area contributed by atoms with Crippen LogP contribution in [0.2, 0.25) is 0 Å². The van der Waals surface area contributed by atoms with Gasteiger partial charge in [0.2, 0.25) is 0 Å². The number of rotatable bonds is 6. The largest absolute Gasteiger partial charge is 0.311 e. The summed E-state index contributed by atoms with van der Waals surface area (Å²) in [5.74, 6) is 0. The van der Waals surface area contributed by atoms with Crippen molar-refractivity contribution in [2.45, 2.75) is 78.6 Å². The Hall–Kier alpha value is -11.7. The van der Waals surface area contributed by atoms with E-state index in [-0.39, 0.29) is 57.3 Å². The Bertz CT molecular complexity index is 6720. The molecule has 2 aliphatic heterocycles. The molecule has 3 aromatic heterocycles. The zero-order chi connectivity index (χ0) is 74.5. The van der Waals surface area contributed by atoms with Gasteiger partial charge in [-0.05, 0) is 160 Å². The maximum atomic E-state index is 10.2. The standard InChI is InChI=1S/C96H77BN4/c1-94(2,3)63-48-51-85-78(52-63)73-42-25-27-46-83(73)98(85)66-49-50-80-87(57-66)101(93-76(61-32-15-11-16-33-61)53-64(95(4,5)6)54-77(93)62-34-17-12-18-35-62)90-56-65(96(7,8)9)55-89-91(90)97(80)81-58-79-71-40-22-20-38-69(71)68-37-19-21-39-70(68)74-43-29-44-75-72-41-24-28-47-84(72)100(92(74)75)86(79)59-88(81)99(89)82-45-26-23-36-67(82)60-30-13-10-14-31-60/h10-59H,1-9H3/i24D,28D,29D,41D,43D,44D,47D. The van der Waals surface area contributed by atoms with Gasteiger partial charge in [-0.1, -0.05) is 293 Å². The van der Waals surface area contributed by atoms with E-state index in [9.17, 15) is 9.60 Å². The molecule has 101 heavy (non-hydrogen) atoms. The second-order valence-corrected chi connectivity index (χ2v) is 30.7. The maximum Gasteiger partial charge on any atom is 0.252 e. The van der Waals surface area contributed by atoms with Crippen molar-refractivity contribution in [1.82, 2.24) is 8.97 Å². The Kier molecular flexibility index (Phi) is 11.8. The highest BCUT2D eigenvalue weighted by Crippen LogP contribution is 2.54. The second kappa shape index (κ2) is 22.4. The highest BCUT2D eigenvalue weighted by molar-refractivity contribution is 7.00. The third kappa shape index (κ3) is 9.35. The van der Waals surface area contributed by atoms with Gasteiger partial charge in [-0.2, -0.15) is 0 Å². The fraction of sp³-hybridized carbons (Fsp3) is 0.125. The van der Waals surface area contributed by atoms with Gasteiger partial charge in [0.25, 0.3) is 6.71 Å². The number of para-hydroxylation sites is 4. The average molecular weight is 1300 g/mol. The minimum atomic E-state index is -0.491. The SMILES string of the molecule is [2H]c1c([2H])c([2H])c2c(c1[2H])c1c([2H])c([2H])c([2H])c3c4ccccc4c4ccccc4c4cc5c(cc4n2c31)N(c1ccccc1-c1ccccc1)c1cc(C(C)(C)C)cc2c1B5c1ccc(-n3c4ccccc4c4cc(C(C)(C)C)ccc43)cc1N2c1c(-c2ccccc2)cc(C(C)(C)C)cc1-c1ccccc1. The van der Waals surface area contributed by atoms with Gasteiger partial charge in [0, 0.05) is 77.4 Å². The van der Waals surface area contributed by atoms with Gasteiger partial charge in [0.15, 0.2) is 0 Å². The Morgan fingerprint density at radius 3 is 1.42 bits per heavy atom. The number of nitrogens with zero attached hydrogens (tertiary/aromatic N) is 4. The molecule has 0 fully saturated rings. The average Bonchev–Trinajstić information content (AvgIpc) is 1.17. The summed E-state index contributed by atoms with van der Waals surface area (Å²) in [7, 11) is 0. The lowest BCUT2D eigenvalue weighted by molar-refractivity contribution is 0.590. The molecule has 14 aromatic carbocycles. The summed E-state index contributed by atoms with van der Waals surface area (Å²) in [6.07, 6.45) is 0. The summed E-state index contributed by atoms with van der Waals surface area (Å²) in [6.45, 7) is 20.2. The number of hydrogen-bond donors (Lipinski definition) is 0. The van der Waals surface area contributed by atoms with E-state index in [0.717, 1.165) is 128 Å². The van der Waals surface area contributed by atoms with Crippen molar-refractivity contribution in [3.05, 3.63) is 320 Å². The van der Waals surface area contributed by atoms with Gasteiger partial charge in [0.05, 0.1) is 48.6 Å². The Morgan fingerprint density at radius 1 is 0.297 bits per heavy atom. The third-order valence-corrected chi connectivity index (χ3v) is 21.6. The van der Waals surface area contributed by atoms with Crippen LogP contribution < -0.4 is 26.2 Å². The monoisotopic (exact) mass is 1300 g/mol. The first-order valence-corrected chi connectivity index (χ1v) is 35.3. The summed E-state index contributed by atoms with van der Waals surface area (Å²) >= 11 is 0. The summed E-state index contributed by atoms with van der Waals surface area (Å²) in [5.41, 5.74) is 22.3. The van der Waals surface area contributed by atoms with E-state index in [1.807, 2.05) is 28.7 Å². The van der Waals surface area contributed by atoms with Crippen LogP contribution in [0.1, 0.15) is 88.6 Å². The minimum Gasteiger partial charge on any atom is -0.311 e. The molecule has 5 heteroatoms. The van der Waals surface area contributed by atoms with E-state index < -0.39 is 24.2 Å². The molecule has 0 bridgehead atoms. The lowest BCUT2D eigenvalue weighted by atomic mass is 9.33. The first kappa shape index (κ1) is 53.3. The Morgan fingerprint density at radius 2 is 0.782 bits per heavy atom. The maximum absolute atomic E-state index is 10.2. The van der Waals surface area contributed by atoms with E-state index in [4.69, 9.17) is 0 Å². The first-order chi connectivity index (χ1) is 52.0. The molecular formula is C96H77BN4. The van der Waals surface area contributed by atoms with E-state index in [1.165, 1.54) is 21.9 Å². The quantitative estimate of drug-likeness (QED) is 0.154. The van der Waals surface area contributed by atoms with Crippen molar-refractivity contribution >= 4 is 139 Å². The number of benzene rings is 14. The molecule has 0 unspecified atom stereocenters. The summed E-state index contributed by atoms with van der Waals surface area (Å²) in [6, 6.07) is 92.6. The topological polar surface area (TPSA) is 15.8 Å². The first-order valence-electron chi connectivity index (χ1n) is 38.8. The van der Waals surface area contributed by atoms with Crippen molar-refractivity contribution in [3.8, 4) is 39.1 Å². The van der Waals surface area contributed by atoms with Crippen LogP contribution in [0.5, 0.6) is 0 Å². The van der Waals surface area contributed by atoms with Crippen LogP contribution in [-0.2, 0) is 16.2 Å². The number of aromatic nitrogens is 2. The van der Waals surface area contributed by atoms with Crippen molar-refractivity contribution in [2.75, 3.05) is 9.80 Å². The predicted octanol–water partition coefficient (Wildman–Crippen LogP) is 24.3. The predicted molar refractivity (Wildman–Crippen MR) is 435 cm³/mol. The van der Waals surface area contributed by atoms with Crippen molar-refractivity contribution in [1.29, 1.82) is 0 Å². The molecule has 0 saturated heterocycles. The normalized spacial score (nSPS) is 14.1. The molecule has 0 N–H and O–H groups in total. The van der Waals surface area contributed by atoms with Crippen molar-refractivity contribution < 1.29 is 9.60 Å². The van der Waals surface area contributed by atoms with Crippen LogP contribution in [0.3, 0.4) is 0 Å². The van der Waals surface area contributed by atoms with Crippen molar-refractivity contribution in [3.63, 3.8) is 0 Å². The van der Waals surface area contributed by atoms with Gasteiger partial charge in [-0.25, -0.2) is 0 Å². The zero-order valence-electron chi connectivity index (χ0n) is 65.2. The molecule has 0 amide bonds. The van der Waals surface area contributed by atoms with E-state index in [1.54, 1.807) is 0 Å². The molecular weight excluding hydrogens is 1220 g/mol. The van der Waals surface area contributed by atoms with Crippen LogP contribution in [0.15, 0.2) is 303 Å². The molecule has 4 nitrogen and oxygen atoms in total. The lowest BCUT2D eigenvalue weighted by Gasteiger charge is -2.46. The molecule has 484 valence electrons. The molecule has 19 rings (SSSR count). The Labute approximate surface area is 601 Å². The molecule has 5 heterocycles. The number of fused-ring (bicyclic) bond motifs is 17. The highest BCUT2D eigenvalue weighted by Gasteiger charge is 2.46. The summed E-state index contributed by atoms with van der Waals surface area (Å²) in [4.78, 5) is 5.10. The molecule has 0 atom stereocenters. The smallest absolute Gasteiger partial charge is 0.252 e. The molecule has 0 aliphatic carbocycles. The van der Waals surface area contributed by atoms with Crippen LogP contribution in [0.25, 0.3) is 121 Å².